The molecule has 0 radical (unpaired) electrons. The van der Waals surface area contributed by atoms with Crippen molar-refractivity contribution in [3.8, 4) is 0 Å². The van der Waals surface area contributed by atoms with E-state index in [0.29, 0.717) is 12.8 Å². The first-order chi connectivity index (χ1) is 33.1. The van der Waals surface area contributed by atoms with Gasteiger partial charge in [0, 0.05) is 6.42 Å². The van der Waals surface area contributed by atoms with Gasteiger partial charge < -0.3 is 65.1 Å². The molecule has 0 aromatic rings. The Bertz CT molecular complexity index is 1460. The van der Waals surface area contributed by atoms with Crippen LogP contribution in [0.4, 0.5) is 0 Å². The number of carbonyl (C=O) groups is 1. The minimum absolute atomic E-state index is 0.259. The molecule has 2 fully saturated rings. The highest BCUT2D eigenvalue weighted by molar-refractivity contribution is 5.76. The predicted molar refractivity (Wildman–Crippen MR) is 267 cm³/mol. The molecule has 2 saturated heterocycles. The highest BCUT2D eigenvalue weighted by atomic mass is 16.7. The third kappa shape index (κ3) is 26.4. The standard InChI is InChI=1S/C54H91NO13/c1-3-5-7-9-11-13-15-16-17-18-19-20-21-22-23-24-25-26-28-30-32-34-36-38-46(59)55-42(43(58)37-35-33-31-29-27-14-12-10-8-6-4-2)41-65-53-51(64)49(62)52(45(40-57)67-53)68-54-50(63)48(61)47(60)44(39-56)66-54/h5,7-8,10-11,13,16-17,19-20,27,29,35,37,42-45,47-54,56-58,60-64H,3-4,6,9,12,14-15,18,21-26,28,30-34,36,38-41H2,1-2H3,(H,55,59)/b7-5-,10-8+,13-11-,17-16-,20-19-,29-27+,37-35+. The Labute approximate surface area is 408 Å². The summed E-state index contributed by atoms with van der Waals surface area (Å²) in [6, 6.07) is -0.943. The first-order valence-electron chi connectivity index (χ1n) is 25.8. The van der Waals surface area contributed by atoms with Crippen LogP contribution in [0.15, 0.2) is 85.1 Å². The highest BCUT2D eigenvalue weighted by Gasteiger charge is 2.51. The quantitative estimate of drug-likeness (QED) is 0.0225. The van der Waals surface area contributed by atoms with Crippen LogP contribution in [0.5, 0.6) is 0 Å². The minimum atomic E-state index is -1.79. The van der Waals surface area contributed by atoms with Gasteiger partial charge in [-0.1, -0.05) is 157 Å². The summed E-state index contributed by atoms with van der Waals surface area (Å²) < 4.78 is 22.6. The Morgan fingerprint density at radius 2 is 1.03 bits per heavy atom. The average molecular weight is 962 g/mol. The molecule has 12 atom stereocenters. The van der Waals surface area contributed by atoms with Crippen LogP contribution in [0.25, 0.3) is 0 Å². The van der Waals surface area contributed by atoms with Crippen LogP contribution in [0, 0.1) is 0 Å². The van der Waals surface area contributed by atoms with E-state index < -0.39 is 86.8 Å². The number of allylic oxidation sites excluding steroid dienone is 13. The number of hydrogen-bond donors (Lipinski definition) is 9. The van der Waals surface area contributed by atoms with Crippen molar-refractivity contribution in [1.29, 1.82) is 0 Å². The SMILES string of the molecule is CC/C=C\C/C=C\C/C=C\C/C=C\CCCCCCCCCCCCC(=O)NC(COC1OC(CO)C(OC2OC(CO)C(O)C(O)C2O)C(O)C1O)C(O)/C=C/CC/C=C/CC/C=C/CCC. The fraction of sp³-hybridized carbons (Fsp3) is 0.722. The van der Waals surface area contributed by atoms with Crippen molar-refractivity contribution < 1.29 is 64.6 Å². The smallest absolute Gasteiger partial charge is 0.220 e. The van der Waals surface area contributed by atoms with E-state index in [1.165, 1.54) is 38.5 Å². The Morgan fingerprint density at radius 1 is 0.544 bits per heavy atom. The van der Waals surface area contributed by atoms with E-state index in [1.807, 2.05) is 6.08 Å². The van der Waals surface area contributed by atoms with Gasteiger partial charge in [0.1, 0.15) is 48.8 Å². The van der Waals surface area contributed by atoms with Crippen LogP contribution < -0.4 is 5.32 Å². The van der Waals surface area contributed by atoms with Gasteiger partial charge in [0.2, 0.25) is 5.91 Å². The Morgan fingerprint density at radius 3 is 1.60 bits per heavy atom. The zero-order valence-corrected chi connectivity index (χ0v) is 41.3. The summed E-state index contributed by atoms with van der Waals surface area (Å²) in [5.41, 5.74) is 0. The molecule has 2 rings (SSSR count). The first-order valence-corrected chi connectivity index (χ1v) is 25.8. The molecule has 0 aliphatic carbocycles. The Balaban J connectivity index is 1.79. The van der Waals surface area contributed by atoms with Gasteiger partial charge in [-0.05, 0) is 77.0 Å². The van der Waals surface area contributed by atoms with E-state index in [2.05, 4.69) is 92.1 Å². The van der Waals surface area contributed by atoms with E-state index in [-0.39, 0.29) is 18.9 Å². The van der Waals surface area contributed by atoms with E-state index in [0.717, 1.165) is 83.5 Å². The Kier molecular flexibility index (Phi) is 35.9. The fourth-order valence-electron chi connectivity index (χ4n) is 7.85. The zero-order chi connectivity index (χ0) is 49.6. The number of carbonyl (C=O) groups excluding carboxylic acids is 1. The van der Waals surface area contributed by atoms with Crippen LogP contribution in [-0.2, 0) is 23.7 Å². The lowest BCUT2D eigenvalue weighted by Gasteiger charge is -2.46. The van der Waals surface area contributed by atoms with Crippen LogP contribution in [0.2, 0.25) is 0 Å². The van der Waals surface area contributed by atoms with E-state index in [4.69, 9.17) is 18.9 Å². The van der Waals surface area contributed by atoms with Crippen molar-refractivity contribution in [2.75, 3.05) is 19.8 Å². The molecular weight excluding hydrogens is 871 g/mol. The van der Waals surface area contributed by atoms with Crippen LogP contribution in [0.3, 0.4) is 0 Å². The van der Waals surface area contributed by atoms with Crippen molar-refractivity contribution in [2.24, 2.45) is 0 Å². The second-order valence-electron chi connectivity index (χ2n) is 17.9. The summed E-state index contributed by atoms with van der Waals surface area (Å²) in [6.07, 6.45) is 34.9. The molecule has 0 bridgehead atoms. The molecule has 0 aromatic heterocycles. The largest absolute Gasteiger partial charge is 0.394 e. The van der Waals surface area contributed by atoms with Gasteiger partial charge in [-0.2, -0.15) is 0 Å². The average Bonchev–Trinajstić information content (AvgIpc) is 3.34. The molecule has 0 spiro atoms. The molecule has 0 saturated carbocycles. The summed E-state index contributed by atoms with van der Waals surface area (Å²) in [6.45, 7) is 2.54. The number of nitrogens with one attached hydrogen (secondary N) is 1. The number of amides is 1. The third-order valence-corrected chi connectivity index (χ3v) is 12.0. The molecule has 14 heteroatoms. The van der Waals surface area contributed by atoms with Crippen molar-refractivity contribution in [3.63, 3.8) is 0 Å². The van der Waals surface area contributed by atoms with Gasteiger partial charge in [0.15, 0.2) is 12.6 Å². The number of aliphatic hydroxyl groups excluding tert-OH is 8. The second kappa shape index (κ2) is 39.8. The van der Waals surface area contributed by atoms with Gasteiger partial charge in [-0.15, -0.1) is 0 Å². The molecule has 2 aliphatic heterocycles. The van der Waals surface area contributed by atoms with Crippen molar-refractivity contribution in [3.05, 3.63) is 85.1 Å². The van der Waals surface area contributed by atoms with E-state index in [1.54, 1.807) is 6.08 Å². The molecule has 14 nitrogen and oxygen atoms in total. The summed E-state index contributed by atoms with van der Waals surface area (Å²) in [7, 11) is 0. The summed E-state index contributed by atoms with van der Waals surface area (Å²) in [5.74, 6) is -0.265. The summed E-state index contributed by atoms with van der Waals surface area (Å²) in [5, 5.41) is 86.6. The minimum Gasteiger partial charge on any atom is -0.394 e. The molecular formula is C54H91NO13. The Hall–Kier alpha value is -2.83. The molecule has 390 valence electrons. The number of hydrogen-bond acceptors (Lipinski definition) is 13. The molecule has 1 amide bonds. The lowest BCUT2D eigenvalue weighted by atomic mass is 9.97. The predicted octanol–water partition coefficient (Wildman–Crippen LogP) is 6.99. The van der Waals surface area contributed by atoms with Crippen LogP contribution in [0.1, 0.15) is 155 Å². The fourth-order valence-corrected chi connectivity index (χ4v) is 7.85. The van der Waals surface area contributed by atoms with Gasteiger partial charge >= 0.3 is 0 Å². The number of aliphatic hydroxyl groups is 8. The summed E-state index contributed by atoms with van der Waals surface area (Å²) >= 11 is 0. The topological polar surface area (TPSA) is 228 Å². The zero-order valence-electron chi connectivity index (χ0n) is 41.3. The van der Waals surface area contributed by atoms with Gasteiger partial charge in [-0.3, -0.25) is 4.79 Å². The molecule has 9 N–H and O–H groups in total. The van der Waals surface area contributed by atoms with Crippen LogP contribution >= 0.6 is 0 Å². The maximum Gasteiger partial charge on any atom is 0.220 e. The third-order valence-electron chi connectivity index (χ3n) is 12.0. The highest BCUT2D eigenvalue weighted by Crippen LogP contribution is 2.30. The van der Waals surface area contributed by atoms with E-state index in [9.17, 15) is 45.6 Å². The lowest BCUT2D eigenvalue weighted by Crippen LogP contribution is -2.65. The molecule has 0 aromatic carbocycles. The molecule has 68 heavy (non-hydrogen) atoms. The second-order valence-corrected chi connectivity index (χ2v) is 17.9. The maximum absolute atomic E-state index is 13.2. The summed E-state index contributed by atoms with van der Waals surface area (Å²) in [4.78, 5) is 13.2. The monoisotopic (exact) mass is 962 g/mol. The van der Waals surface area contributed by atoms with Gasteiger partial charge in [0.25, 0.3) is 0 Å². The van der Waals surface area contributed by atoms with Crippen molar-refractivity contribution in [1.82, 2.24) is 5.32 Å². The lowest BCUT2D eigenvalue weighted by molar-refractivity contribution is -0.359. The number of rotatable bonds is 38. The molecule has 12 unspecified atom stereocenters. The van der Waals surface area contributed by atoms with Crippen molar-refractivity contribution >= 4 is 5.91 Å². The van der Waals surface area contributed by atoms with E-state index >= 15 is 0 Å². The normalized spacial score (nSPS) is 27.1. The number of ether oxygens (including phenoxy) is 4. The van der Waals surface area contributed by atoms with Crippen molar-refractivity contribution in [2.45, 2.75) is 229 Å². The van der Waals surface area contributed by atoms with Crippen LogP contribution in [-0.4, -0.2) is 140 Å². The van der Waals surface area contributed by atoms with Gasteiger partial charge in [-0.25, -0.2) is 0 Å². The number of unbranched alkanes of at least 4 members (excludes halogenated alkanes) is 13. The van der Waals surface area contributed by atoms with Gasteiger partial charge in [0.05, 0.1) is 32.0 Å². The maximum atomic E-state index is 13.2. The first kappa shape index (κ1) is 61.3. The molecule has 2 heterocycles. The molecule has 2 aliphatic rings.